The molecule has 0 amide bonds. The van der Waals surface area contributed by atoms with E-state index in [9.17, 15) is 0 Å². The van der Waals surface area contributed by atoms with Crippen molar-refractivity contribution in [3.05, 3.63) is 48.5 Å². The van der Waals surface area contributed by atoms with Crippen molar-refractivity contribution in [1.29, 1.82) is 0 Å². The highest BCUT2D eigenvalue weighted by Gasteiger charge is 2.09. The van der Waals surface area contributed by atoms with Gasteiger partial charge in [0.1, 0.15) is 0 Å². The SMILES string of the molecule is c1ccc2cc3c(ccc4ooc43)cc2c1. The van der Waals surface area contributed by atoms with Crippen LogP contribution >= 0.6 is 0 Å². The predicted octanol–water partition coefficient (Wildman–Crippen LogP) is 4.33. The molecule has 3 aromatic carbocycles. The Morgan fingerprint density at radius 2 is 1.50 bits per heavy atom. The molecular weight excluding hydrogens is 200 g/mol. The van der Waals surface area contributed by atoms with Gasteiger partial charge in [0.15, 0.2) is 0 Å². The Kier molecular flexibility index (Phi) is 1.33. The zero-order valence-corrected chi connectivity index (χ0v) is 8.44. The van der Waals surface area contributed by atoms with E-state index >= 15 is 0 Å². The second kappa shape index (κ2) is 2.67. The molecule has 16 heavy (non-hydrogen) atoms. The molecular formula is C14H8O2. The van der Waals surface area contributed by atoms with Gasteiger partial charge in [-0.25, -0.2) is 0 Å². The lowest BCUT2D eigenvalue weighted by Crippen LogP contribution is -1.81. The van der Waals surface area contributed by atoms with Crippen LogP contribution in [-0.4, -0.2) is 0 Å². The van der Waals surface area contributed by atoms with Crippen LogP contribution in [-0.2, 0) is 0 Å². The highest BCUT2D eigenvalue weighted by molar-refractivity contribution is 6.08. The van der Waals surface area contributed by atoms with Gasteiger partial charge in [0.05, 0.1) is 0 Å². The Morgan fingerprint density at radius 3 is 2.25 bits per heavy atom. The first-order chi connectivity index (χ1) is 7.92. The van der Waals surface area contributed by atoms with Crippen molar-refractivity contribution in [2.75, 3.05) is 0 Å². The Hall–Kier alpha value is -2.22. The molecule has 0 saturated carbocycles. The average molecular weight is 208 g/mol. The molecule has 0 fully saturated rings. The van der Waals surface area contributed by atoms with Crippen molar-refractivity contribution in [2.24, 2.45) is 0 Å². The largest absolute Gasteiger partial charge is 0.286 e. The fourth-order valence-corrected chi connectivity index (χ4v) is 2.17. The van der Waals surface area contributed by atoms with Crippen LogP contribution in [0.4, 0.5) is 0 Å². The minimum absolute atomic E-state index is 0.822. The molecule has 0 radical (unpaired) electrons. The molecule has 0 aliphatic carbocycles. The quantitative estimate of drug-likeness (QED) is 0.317. The van der Waals surface area contributed by atoms with Crippen LogP contribution in [0.5, 0.6) is 0 Å². The maximum atomic E-state index is 5.04. The standard InChI is InChI=1S/C14H8O2/c1-2-4-10-8-12-11(7-9(10)3-1)5-6-13-14(12)16-15-13/h1-8H. The molecule has 0 unspecified atom stereocenters. The summed E-state index contributed by atoms with van der Waals surface area (Å²) in [5.41, 5.74) is 1.67. The zero-order chi connectivity index (χ0) is 10.5. The zero-order valence-electron chi connectivity index (χ0n) is 8.44. The van der Waals surface area contributed by atoms with E-state index in [0.717, 1.165) is 16.6 Å². The molecule has 0 N–H and O–H groups in total. The molecule has 4 rings (SSSR count). The third-order valence-electron chi connectivity index (χ3n) is 3.02. The summed E-state index contributed by atoms with van der Waals surface area (Å²) in [7, 11) is 0. The fraction of sp³-hybridized carbons (Fsp3) is 0. The summed E-state index contributed by atoms with van der Waals surface area (Å²) in [6, 6.07) is 16.6. The van der Waals surface area contributed by atoms with E-state index in [2.05, 4.69) is 36.4 Å². The van der Waals surface area contributed by atoms with Gasteiger partial charge in [-0.2, -0.15) is 0 Å². The van der Waals surface area contributed by atoms with Crippen molar-refractivity contribution in [1.82, 2.24) is 0 Å². The van der Waals surface area contributed by atoms with Crippen LogP contribution in [0.15, 0.2) is 57.7 Å². The molecule has 2 heteroatoms. The smallest absolute Gasteiger partial charge is 0.233 e. The fourth-order valence-electron chi connectivity index (χ4n) is 2.17. The molecule has 76 valence electrons. The predicted molar refractivity (Wildman–Crippen MR) is 63.5 cm³/mol. The number of rotatable bonds is 0. The molecule has 1 aromatic heterocycles. The van der Waals surface area contributed by atoms with Gasteiger partial charge >= 0.3 is 0 Å². The minimum Gasteiger partial charge on any atom is -0.286 e. The Bertz CT molecular complexity index is 805. The van der Waals surface area contributed by atoms with E-state index in [-0.39, 0.29) is 0 Å². The molecule has 0 saturated heterocycles. The molecule has 4 aromatic rings. The molecule has 0 spiro atoms. The summed E-state index contributed by atoms with van der Waals surface area (Å²) in [5, 5.41) is 4.76. The van der Waals surface area contributed by atoms with Crippen molar-refractivity contribution in [2.45, 2.75) is 0 Å². The monoisotopic (exact) mass is 208 g/mol. The summed E-state index contributed by atoms with van der Waals surface area (Å²) >= 11 is 0. The summed E-state index contributed by atoms with van der Waals surface area (Å²) in [4.78, 5) is 0. The molecule has 0 aliphatic rings. The molecule has 1 heterocycles. The van der Waals surface area contributed by atoms with Crippen LogP contribution in [0, 0.1) is 0 Å². The van der Waals surface area contributed by atoms with E-state index in [4.69, 9.17) is 9.15 Å². The Morgan fingerprint density at radius 1 is 0.688 bits per heavy atom. The van der Waals surface area contributed by atoms with Crippen molar-refractivity contribution in [3.8, 4) is 0 Å². The van der Waals surface area contributed by atoms with E-state index in [0.29, 0.717) is 0 Å². The van der Waals surface area contributed by atoms with Gasteiger partial charge < -0.3 is 0 Å². The highest BCUT2D eigenvalue weighted by Crippen LogP contribution is 2.31. The maximum Gasteiger partial charge on any atom is 0.233 e. The molecule has 0 atom stereocenters. The van der Waals surface area contributed by atoms with Crippen LogP contribution in [0.25, 0.3) is 32.7 Å². The van der Waals surface area contributed by atoms with Crippen molar-refractivity contribution >= 4 is 32.7 Å². The molecule has 2 nitrogen and oxygen atoms in total. The number of benzene rings is 3. The molecule has 0 aliphatic heterocycles. The van der Waals surface area contributed by atoms with Gasteiger partial charge in [0.25, 0.3) is 0 Å². The minimum atomic E-state index is 0.822. The summed E-state index contributed by atoms with van der Waals surface area (Å²) in [6.45, 7) is 0. The molecule has 0 bridgehead atoms. The lowest BCUT2D eigenvalue weighted by Gasteiger charge is -2.05. The van der Waals surface area contributed by atoms with Gasteiger partial charge in [0, 0.05) is 5.39 Å². The van der Waals surface area contributed by atoms with Gasteiger partial charge in [-0.05, 0) is 34.4 Å². The first-order valence-electron chi connectivity index (χ1n) is 5.22. The third-order valence-corrected chi connectivity index (χ3v) is 3.02. The van der Waals surface area contributed by atoms with E-state index in [1.807, 2.05) is 12.1 Å². The van der Waals surface area contributed by atoms with Crippen LogP contribution in [0.2, 0.25) is 0 Å². The van der Waals surface area contributed by atoms with E-state index in [1.165, 1.54) is 16.2 Å². The van der Waals surface area contributed by atoms with Gasteiger partial charge in [0.2, 0.25) is 11.2 Å². The van der Waals surface area contributed by atoms with E-state index < -0.39 is 0 Å². The number of fused-ring (bicyclic) bond motifs is 4. The maximum absolute atomic E-state index is 5.04. The Balaban J connectivity index is 2.28. The highest BCUT2D eigenvalue weighted by atomic mass is 17.0. The van der Waals surface area contributed by atoms with Crippen LogP contribution in [0.1, 0.15) is 0 Å². The summed E-state index contributed by atoms with van der Waals surface area (Å²) < 4.78 is 9.93. The topological polar surface area (TPSA) is 26.3 Å². The van der Waals surface area contributed by atoms with Crippen LogP contribution < -0.4 is 0 Å². The number of hydrogen-bond acceptors (Lipinski definition) is 2. The summed E-state index contributed by atoms with van der Waals surface area (Å²) in [6.07, 6.45) is 0. The van der Waals surface area contributed by atoms with Gasteiger partial charge in [-0.1, -0.05) is 30.3 Å². The summed E-state index contributed by atoms with van der Waals surface area (Å²) in [5.74, 6) is 0. The second-order valence-electron chi connectivity index (χ2n) is 3.98. The van der Waals surface area contributed by atoms with Gasteiger partial charge in [-0.15, -0.1) is 0 Å². The third kappa shape index (κ3) is 0.910. The average Bonchev–Trinajstić information content (AvgIpc) is 2.27. The second-order valence-corrected chi connectivity index (χ2v) is 3.98. The Labute approximate surface area is 91.0 Å². The van der Waals surface area contributed by atoms with Crippen molar-refractivity contribution < 1.29 is 9.15 Å². The van der Waals surface area contributed by atoms with Crippen LogP contribution in [0.3, 0.4) is 0 Å². The first-order valence-corrected chi connectivity index (χ1v) is 5.22. The lowest BCUT2D eigenvalue weighted by molar-refractivity contribution is 0.0603. The van der Waals surface area contributed by atoms with E-state index in [1.54, 1.807) is 0 Å². The van der Waals surface area contributed by atoms with Crippen molar-refractivity contribution in [3.63, 3.8) is 0 Å². The lowest BCUT2D eigenvalue weighted by atomic mass is 10.0. The van der Waals surface area contributed by atoms with Gasteiger partial charge in [-0.3, -0.25) is 9.15 Å². The number of hydrogen-bond donors (Lipinski definition) is 0. The first kappa shape index (κ1) is 7.99. The normalized spacial score (nSPS) is 11.8.